The molecule has 1 aromatic carbocycles. The normalized spacial score (nSPS) is 25.6. The van der Waals surface area contributed by atoms with Gasteiger partial charge >= 0.3 is 5.97 Å². The first-order chi connectivity index (χ1) is 10.2. The number of thiazole rings is 1. The molecule has 0 amide bonds. The van der Waals surface area contributed by atoms with E-state index in [1.165, 1.54) is 5.56 Å². The van der Waals surface area contributed by atoms with Crippen LogP contribution in [0.3, 0.4) is 0 Å². The van der Waals surface area contributed by atoms with Crippen LogP contribution in [0.25, 0.3) is 0 Å². The lowest BCUT2D eigenvalue weighted by molar-refractivity contribution is -0.142. The van der Waals surface area contributed by atoms with Gasteiger partial charge in [0, 0.05) is 16.8 Å². The van der Waals surface area contributed by atoms with E-state index in [1.807, 2.05) is 11.4 Å². The largest absolute Gasteiger partial charge is 0.481 e. The maximum atomic E-state index is 11.5. The lowest BCUT2D eigenvalue weighted by atomic mass is 9.78. The number of nitrogens with zero attached hydrogens (tertiary/aromatic N) is 1. The molecule has 1 aliphatic rings. The summed E-state index contributed by atoms with van der Waals surface area (Å²) in [6.45, 7) is 0. The van der Waals surface area contributed by atoms with Crippen LogP contribution in [0.2, 0.25) is 0 Å². The Balaban J connectivity index is 1.77. The van der Waals surface area contributed by atoms with E-state index in [0.29, 0.717) is 5.92 Å². The predicted octanol–water partition coefficient (Wildman–Crippen LogP) is 4.27. The number of carboxylic acid groups (broad SMARTS) is 1. The van der Waals surface area contributed by atoms with Gasteiger partial charge in [0.2, 0.25) is 0 Å². The number of carbonyl (C=O) groups is 1. The third kappa shape index (κ3) is 3.47. The number of aromatic nitrogens is 1. The van der Waals surface area contributed by atoms with E-state index in [4.69, 9.17) is 0 Å². The number of carboxylic acids is 1. The summed E-state index contributed by atoms with van der Waals surface area (Å²) in [6, 6.07) is 10.4. The van der Waals surface area contributed by atoms with Crippen molar-refractivity contribution in [2.24, 2.45) is 5.92 Å². The molecule has 1 fully saturated rings. The van der Waals surface area contributed by atoms with Gasteiger partial charge in [-0.1, -0.05) is 42.1 Å². The zero-order valence-corrected chi connectivity index (χ0v) is 13.1. The highest BCUT2D eigenvalue weighted by atomic mass is 32.2. The van der Waals surface area contributed by atoms with Gasteiger partial charge in [-0.15, -0.1) is 11.3 Å². The Morgan fingerprint density at radius 3 is 2.76 bits per heavy atom. The van der Waals surface area contributed by atoms with Crippen molar-refractivity contribution in [1.82, 2.24) is 4.98 Å². The van der Waals surface area contributed by atoms with Crippen molar-refractivity contribution in [3.05, 3.63) is 47.5 Å². The van der Waals surface area contributed by atoms with Crippen molar-refractivity contribution in [2.45, 2.75) is 34.8 Å². The van der Waals surface area contributed by atoms with Crippen LogP contribution in [0.5, 0.6) is 0 Å². The van der Waals surface area contributed by atoms with E-state index in [9.17, 15) is 9.90 Å². The van der Waals surface area contributed by atoms with E-state index < -0.39 is 5.97 Å². The molecule has 1 saturated carbocycles. The minimum absolute atomic E-state index is 0.104. The number of hydrogen-bond acceptors (Lipinski definition) is 4. The summed E-state index contributed by atoms with van der Waals surface area (Å²) in [5.74, 6) is -0.478. The summed E-state index contributed by atoms with van der Waals surface area (Å²) in [5.41, 5.74) is 1.33. The van der Waals surface area contributed by atoms with Crippen molar-refractivity contribution in [1.29, 1.82) is 0 Å². The molecule has 0 bridgehead atoms. The second-order valence-electron chi connectivity index (χ2n) is 5.32. The molecule has 3 unspecified atom stereocenters. The van der Waals surface area contributed by atoms with Gasteiger partial charge in [-0.2, -0.15) is 0 Å². The van der Waals surface area contributed by atoms with Gasteiger partial charge < -0.3 is 5.11 Å². The van der Waals surface area contributed by atoms with Crippen LogP contribution < -0.4 is 0 Å². The fourth-order valence-electron chi connectivity index (χ4n) is 2.97. The summed E-state index contributed by atoms with van der Waals surface area (Å²) < 4.78 is 0.972. The SMILES string of the molecule is O=C(O)C1CCC(c2ccccc2)CC1Sc1nccs1. The maximum Gasteiger partial charge on any atom is 0.307 e. The third-order valence-corrected chi connectivity index (χ3v) is 6.31. The van der Waals surface area contributed by atoms with Crippen LogP contribution in [0.1, 0.15) is 30.7 Å². The maximum absolute atomic E-state index is 11.5. The van der Waals surface area contributed by atoms with E-state index in [2.05, 4.69) is 29.2 Å². The molecule has 1 aromatic heterocycles. The van der Waals surface area contributed by atoms with Crippen LogP contribution >= 0.6 is 23.1 Å². The van der Waals surface area contributed by atoms with E-state index in [0.717, 1.165) is 23.6 Å². The van der Waals surface area contributed by atoms with Crippen molar-refractivity contribution in [2.75, 3.05) is 0 Å². The minimum atomic E-state index is -0.671. The first-order valence-corrected chi connectivity index (χ1v) is 8.84. The Bertz CT molecular complexity index is 586. The predicted molar refractivity (Wildman–Crippen MR) is 85.9 cm³/mol. The molecule has 21 heavy (non-hydrogen) atoms. The molecular formula is C16H17NO2S2. The van der Waals surface area contributed by atoms with Gasteiger partial charge in [-0.05, 0) is 30.7 Å². The van der Waals surface area contributed by atoms with Gasteiger partial charge in [0.25, 0.3) is 0 Å². The summed E-state index contributed by atoms with van der Waals surface area (Å²) >= 11 is 3.22. The highest BCUT2D eigenvalue weighted by molar-refractivity contribution is 8.01. The van der Waals surface area contributed by atoms with E-state index in [-0.39, 0.29) is 11.2 Å². The molecule has 1 N–H and O–H groups in total. The molecule has 1 heterocycles. The summed E-state index contributed by atoms with van der Waals surface area (Å²) in [5, 5.41) is 11.5. The highest BCUT2D eigenvalue weighted by Gasteiger charge is 2.36. The van der Waals surface area contributed by atoms with Crippen molar-refractivity contribution in [3.8, 4) is 0 Å². The average Bonchev–Trinajstić information content (AvgIpc) is 3.01. The lowest BCUT2D eigenvalue weighted by Crippen LogP contribution is -2.32. The topological polar surface area (TPSA) is 50.2 Å². The molecule has 110 valence electrons. The molecule has 1 aliphatic carbocycles. The molecule has 0 spiro atoms. The zero-order valence-electron chi connectivity index (χ0n) is 11.5. The number of aliphatic carboxylic acids is 1. The van der Waals surface area contributed by atoms with Crippen molar-refractivity contribution in [3.63, 3.8) is 0 Å². The molecular weight excluding hydrogens is 302 g/mol. The molecule has 0 saturated heterocycles. The van der Waals surface area contributed by atoms with Crippen LogP contribution in [0.4, 0.5) is 0 Å². The zero-order chi connectivity index (χ0) is 14.7. The number of rotatable bonds is 4. The second kappa shape index (κ2) is 6.62. The Labute approximate surface area is 132 Å². The molecule has 3 rings (SSSR count). The van der Waals surface area contributed by atoms with E-state index >= 15 is 0 Å². The second-order valence-corrected chi connectivity index (χ2v) is 7.70. The van der Waals surface area contributed by atoms with Crippen LogP contribution in [-0.2, 0) is 4.79 Å². The summed E-state index contributed by atoms with van der Waals surface area (Å²) in [7, 11) is 0. The fourth-order valence-corrected chi connectivity index (χ4v) is 5.21. The number of hydrogen-bond donors (Lipinski definition) is 1. The Kier molecular flexibility index (Phi) is 4.60. The smallest absolute Gasteiger partial charge is 0.307 e. The molecule has 2 aromatic rings. The molecule has 3 atom stereocenters. The molecule has 0 radical (unpaired) electrons. The van der Waals surface area contributed by atoms with Gasteiger partial charge in [0.1, 0.15) is 4.34 Å². The monoisotopic (exact) mass is 319 g/mol. The Hall–Kier alpha value is -1.33. The first-order valence-electron chi connectivity index (χ1n) is 7.08. The standard InChI is InChI=1S/C16H17NO2S2/c18-15(19)13-7-6-12(11-4-2-1-3-5-11)10-14(13)21-16-17-8-9-20-16/h1-5,8-9,12-14H,6-7,10H2,(H,18,19). The average molecular weight is 319 g/mol. The lowest BCUT2D eigenvalue weighted by Gasteiger charge is -2.33. The first kappa shape index (κ1) is 14.6. The Morgan fingerprint density at radius 2 is 2.10 bits per heavy atom. The Morgan fingerprint density at radius 1 is 1.29 bits per heavy atom. The fraction of sp³-hybridized carbons (Fsp3) is 0.375. The number of thioether (sulfide) groups is 1. The van der Waals surface area contributed by atoms with Gasteiger partial charge in [0.05, 0.1) is 5.92 Å². The van der Waals surface area contributed by atoms with E-state index in [1.54, 1.807) is 29.3 Å². The van der Waals surface area contributed by atoms with Crippen LogP contribution in [-0.4, -0.2) is 21.3 Å². The molecule has 5 heteroatoms. The minimum Gasteiger partial charge on any atom is -0.481 e. The van der Waals surface area contributed by atoms with Gasteiger partial charge in [0.15, 0.2) is 0 Å². The van der Waals surface area contributed by atoms with Gasteiger partial charge in [-0.3, -0.25) is 4.79 Å². The highest BCUT2D eigenvalue weighted by Crippen LogP contribution is 2.44. The molecule has 0 aliphatic heterocycles. The quantitative estimate of drug-likeness (QED) is 0.914. The summed E-state index contributed by atoms with van der Waals surface area (Å²) in [4.78, 5) is 15.8. The third-order valence-electron chi connectivity index (χ3n) is 4.04. The van der Waals surface area contributed by atoms with Crippen LogP contribution in [0, 0.1) is 5.92 Å². The van der Waals surface area contributed by atoms with Crippen LogP contribution in [0.15, 0.2) is 46.2 Å². The van der Waals surface area contributed by atoms with Crippen molar-refractivity contribution >= 4 is 29.1 Å². The summed E-state index contributed by atoms with van der Waals surface area (Å²) in [6.07, 6.45) is 4.39. The van der Waals surface area contributed by atoms with Crippen molar-refractivity contribution < 1.29 is 9.90 Å². The molecule has 3 nitrogen and oxygen atoms in total. The van der Waals surface area contributed by atoms with Gasteiger partial charge in [-0.25, -0.2) is 4.98 Å². The number of benzene rings is 1.